The lowest BCUT2D eigenvalue weighted by Gasteiger charge is -2.27. The van der Waals surface area contributed by atoms with Crippen LogP contribution in [0.5, 0.6) is 0 Å². The molecule has 1 aliphatic carbocycles. The predicted molar refractivity (Wildman–Crippen MR) is 68.6 cm³/mol. The molecule has 15 heavy (non-hydrogen) atoms. The summed E-state index contributed by atoms with van der Waals surface area (Å²) in [5, 5.41) is 4.41. The Morgan fingerprint density at radius 3 is 2.60 bits per heavy atom. The molecule has 2 aliphatic rings. The number of nitrogens with one attached hydrogen (secondary N) is 1. The van der Waals surface area contributed by atoms with Crippen LogP contribution in [0.1, 0.15) is 32.1 Å². The molecular formula is C12H24N2S. The van der Waals surface area contributed by atoms with E-state index in [1.54, 1.807) is 0 Å². The summed E-state index contributed by atoms with van der Waals surface area (Å²) in [6.07, 6.45) is 7.32. The van der Waals surface area contributed by atoms with Gasteiger partial charge in [-0.2, -0.15) is 11.8 Å². The fraction of sp³-hybridized carbons (Fsp3) is 1.00. The Balaban J connectivity index is 1.47. The Morgan fingerprint density at radius 1 is 1.13 bits per heavy atom. The van der Waals surface area contributed by atoms with E-state index in [1.807, 2.05) is 0 Å². The normalized spacial score (nSPS) is 24.8. The number of nitrogens with zero attached hydrogens (tertiary/aromatic N) is 1. The summed E-state index contributed by atoms with van der Waals surface area (Å²) in [6.45, 7) is 6.22. The van der Waals surface area contributed by atoms with Gasteiger partial charge in [0.1, 0.15) is 0 Å². The van der Waals surface area contributed by atoms with Crippen LogP contribution < -0.4 is 5.32 Å². The second-order valence-corrected chi connectivity index (χ2v) is 6.13. The third-order valence-corrected chi connectivity index (χ3v) is 4.95. The van der Waals surface area contributed by atoms with Crippen LogP contribution in [0.15, 0.2) is 0 Å². The van der Waals surface area contributed by atoms with Crippen LogP contribution >= 0.6 is 11.8 Å². The monoisotopic (exact) mass is 228 g/mol. The largest absolute Gasteiger partial charge is 0.314 e. The molecule has 0 aromatic rings. The lowest BCUT2D eigenvalue weighted by Crippen LogP contribution is -2.43. The van der Waals surface area contributed by atoms with Crippen molar-refractivity contribution in [2.24, 2.45) is 0 Å². The quantitative estimate of drug-likeness (QED) is 0.724. The lowest BCUT2D eigenvalue weighted by atomic mass is 10.3. The van der Waals surface area contributed by atoms with Crippen molar-refractivity contribution >= 4 is 11.8 Å². The highest BCUT2D eigenvalue weighted by Gasteiger charge is 2.15. The van der Waals surface area contributed by atoms with Crippen molar-refractivity contribution < 1.29 is 0 Å². The molecule has 0 spiro atoms. The van der Waals surface area contributed by atoms with Crippen LogP contribution in [0, 0.1) is 0 Å². The standard InChI is InChI=1S/C12H24N2S/c1-2-5-12(4-1)15-11-3-8-14-9-6-13-7-10-14/h12-13H,1-11H2. The van der Waals surface area contributed by atoms with E-state index >= 15 is 0 Å². The maximum atomic E-state index is 3.40. The molecule has 0 atom stereocenters. The van der Waals surface area contributed by atoms with Crippen molar-refractivity contribution in [3.05, 3.63) is 0 Å². The Hall–Kier alpha value is 0.270. The summed E-state index contributed by atoms with van der Waals surface area (Å²) in [5.74, 6) is 1.38. The van der Waals surface area contributed by atoms with Crippen molar-refractivity contribution in [3.63, 3.8) is 0 Å². The second kappa shape index (κ2) is 6.77. The molecule has 1 N–H and O–H groups in total. The molecule has 0 unspecified atom stereocenters. The number of thioether (sulfide) groups is 1. The summed E-state index contributed by atoms with van der Waals surface area (Å²) >= 11 is 2.23. The zero-order valence-electron chi connectivity index (χ0n) is 9.71. The molecule has 1 saturated heterocycles. The highest BCUT2D eigenvalue weighted by Crippen LogP contribution is 2.29. The van der Waals surface area contributed by atoms with Gasteiger partial charge in [0.15, 0.2) is 0 Å². The van der Waals surface area contributed by atoms with Gasteiger partial charge in [0.05, 0.1) is 0 Å². The summed E-state index contributed by atoms with van der Waals surface area (Å²) in [5.41, 5.74) is 0. The van der Waals surface area contributed by atoms with Gasteiger partial charge in [0, 0.05) is 31.4 Å². The Kier molecular flexibility index (Phi) is 5.30. The molecule has 88 valence electrons. The van der Waals surface area contributed by atoms with Crippen molar-refractivity contribution in [1.29, 1.82) is 0 Å². The van der Waals surface area contributed by atoms with Crippen molar-refractivity contribution in [2.45, 2.75) is 37.4 Å². The smallest absolute Gasteiger partial charge is 0.0107 e. The SMILES string of the molecule is C1CCC(SCCCN2CCNCC2)C1. The van der Waals surface area contributed by atoms with E-state index in [4.69, 9.17) is 0 Å². The second-order valence-electron chi connectivity index (χ2n) is 4.72. The van der Waals surface area contributed by atoms with Gasteiger partial charge in [-0.15, -0.1) is 0 Å². The molecule has 0 aromatic carbocycles. The molecular weight excluding hydrogens is 204 g/mol. The Bertz CT molecular complexity index is 163. The first-order valence-electron chi connectivity index (χ1n) is 6.50. The lowest BCUT2D eigenvalue weighted by molar-refractivity contribution is 0.242. The topological polar surface area (TPSA) is 15.3 Å². The fourth-order valence-electron chi connectivity index (χ4n) is 2.53. The number of piperazine rings is 1. The maximum Gasteiger partial charge on any atom is 0.0107 e. The van der Waals surface area contributed by atoms with E-state index in [2.05, 4.69) is 22.0 Å². The molecule has 2 rings (SSSR count). The van der Waals surface area contributed by atoms with E-state index in [9.17, 15) is 0 Å². The minimum Gasteiger partial charge on any atom is -0.314 e. The van der Waals surface area contributed by atoms with E-state index in [0.29, 0.717) is 0 Å². The number of hydrogen-bond donors (Lipinski definition) is 1. The molecule has 2 nitrogen and oxygen atoms in total. The Labute approximate surface area is 98.2 Å². The van der Waals surface area contributed by atoms with E-state index in [0.717, 1.165) is 5.25 Å². The summed E-state index contributed by atoms with van der Waals surface area (Å²) in [7, 11) is 0. The molecule has 0 bridgehead atoms. The van der Waals surface area contributed by atoms with Crippen molar-refractivity contribution in [2.75, 3.05) is 38.5 Å². The third kappa shape index (κ3) is 4.33. The first-order chi connectivity index (χ1) is 7.45. The minimum absolute atomic E-state index is 1.01. The van der Waals surface area contributed by atoms with Gasteiger partial charge in [-0.1, -0.05) is 12.8 Å². The van der Waals surface area contributed by atoms with Crippen LogP contribution in [0.4, 0.5) is 0 Å². The zero-order valence-corrected chi connectivity index (χ0v) is 10.5. The number of rotatable bonds is 5. The van der Waals surface area contributed by atoms with E-state index < -0.39 is 0 Å². The average Bonchev–Trinajstić information content (AvgIpc) is 2.79. The van der Waals surface area contributed by atoms with E-state index in [-0.39, 0.29) is 0 Å². The van der Waals surface area contributed by atoms with Crippen LogP contribution in [0.3, 0.4) is 0 Å². The van der Waals surface area contributed by atoms with E-state index in [1.165, 1.54) is 70.6 Å². The fourth-order valence-corrected chi connectivity index (χ4v) is 3.82. The van der Waals surface area contributed by atoms with Gasteiger partial charge in [-0.3, -0.25) is 0 Å². The van der Waals surface area contributed by atoms with Gasteiger partial charge in [-0.25, -0.2) is 0 Å². The molecule has 1 heterocycles. The Morgan fingerprint density at radius 2 is 1.87 bits per heavy atom. The zero-order chi connectivity index (χ0) is 10.3. The van der Waals surface area contributed by atoms with Gasteiger partial charge in [-0.05, 0) is 31.6 Å². The maximum absolute atomic E-state index is 3.40. The van der Waals surface area contributed by atoms with Crippen LogP contribution in [0.25, 0.3) is 0 Å². The van der Waals surface area contributed by atoms with Gasteiger partial charge in [0.2, 0.25) is 0 Å². The molecule has 3 heteroatoms. The molecule has 0 aromatic heterocycles. The summed E-state index contributed by atoms with van der Waals surface area (Å²) in [6, 6.07) is 0. The van der Waals surface area contributed by atoms with Gasteiger partial charge >= 0.3 is 0 Å². The van der Waals surface area contributed by atoms with Gasteiger partial charge < -0.3 is 10.2 Å². The molecule has 2 fully saturated rings. The minimum atomic E-state index is 1.01. The van der Waals surface area contributed by atoms with Crippen molar-refractivity contribution in [1.82, 2.24) is 10.2 Å². The number of hydrogen-bond acceptors (Lipinski definition) is 3. The van der Waals surface area contributed by atoms with Crippen molar-refractivity contribution in [3.8, 4) is 0 Å². The van der Waals surface area contributed by atoms with Crippen LogP contribution in [-0.2, 0) is 0 Å². The first kappa shape index (κ1) is 11.7. The summed E-state index contributed by atoms with van der Waals surface area (Å²) < 4.78 is 0. The molecule has 1 aliphatic heterocycles. The van der Waals surface area contributed by atoms with Crippen LogP contribution in [-0.4, -0.2) is 48.6 Å². The predicted octanol–water partition coefficient (Wildman–Crippen LogP) is 1.96. The molecule has 0 radical (unpaired) electrons. The van der Waals surface area contributed by atoms with Crippen LogP contribution in [0.2, 0.25) is 0 Å². The van der Waals surface area contributed by atoms with Gasteiger partial charge in [0.25, 0.3) is 0 Å². The first-order valence-corrected chi connectivity index (χ1v) is 7.55. The average molecular weight is 228 g/mol. The highest BCUT2D eigenvalue weighted by molar-refractivity contribution is 7.99. The third-order valence-electron chi connectivity index (χ3n) is 3.48. The molecule has 1 saturated carbocycles. The summed E-state index contributed by atoms with van der Waals surface area (Å²) in [4.78, 5) is 2.60. The highest BCUT2D eigenvalue weighted by atomic mass is 32.2. The molecule has 0 amide bonds.